The maximum Gasteiger partial charge on any atom is 0.233 e. The number of hydrogen-bond acceptors (Lipinski definition) is 4. The first kappa shape index (κ1) is 22.3. The van der Waals surface area contributed by atoms with Crippen molar-refractivity contribution in [1.82, 2.24) is 14.8 Å². The summed E-state index contributed by atoms with van der Waals surface area (Å²) in [5, 5.41) is 0. The number of likely N-dealkylation sites (tertiary alicyclic amines) is 1. The van der Waals surface area contributed by atoms with Crippen LogP contribution in [0.3, 0.4) is 0 Å². The molecule has 1 atom stereocenters. The lowest BCUT2D eigenvalue weighted by molar-refractivity contribution is -0.130. The van der Waals surface area contributed by atoms with Gasteiger partial charge in [0.25, 0.3) is 0 Å². The van der Waals surface area contributed by atoms with Gasteiger partial charge in [0, 0.05) is 43.0 Å². The fraction of sp³-hybridized carbons (Fsp3) is 0.538. The number of carbonyl (C=O) groups excluding carboxylic acids is 1. The quantitative estimate of drug-likeness (QED) is 0.529. The summed E-state index contributed by atoms with van der Waals surface area (Å²) in [6.07, 6.45) is 13.1. The number of nitrogens with zero attached hydrogens (tertiary/aromatic N) is 3. The van der Waals surface area contributed by atoms with Crippen LogP contribution < -0.4 is 0 Å². The lowest BCUT2D eigenvalue weighted by Crippen LogP contribution is -2.47. The Morgan fingerprint density at radius 2 is 1.87 bits per heavy atom. The SMILES string of the molecule is O=C(CSc1ccccc1)N(Cc1cccnc1)C[C@H]1CCCN(C2CCCCC2)C1. The smallest absolute Gasteiger partial charge is 0.233 e. The molecular formula is C26H35N3OS. The molecule has 1 aromatic carbocycles. The molecule has 0 unspecified atom stereocenters. The van der Waals surface area contributed by atoms with E-state index in [0.717, 1.165) is 29.6 Å². The van der Waals surface area contributed by atoms with Crippen molar-refractivity contribution in [1.29, 1.82) is 0 Å². The molecule has 1 saturated carbocycles. The second-order valence-electron chi connectivity index (χ2n) is 9.03. The molecule has 4 rings (SSSR count). The molecule has 1 aromatic heterocycles. The van der Waals surface area contributed by atoms with E-state index in [9.17, 15) is 4.79 Å². The van der Waals surface area contributed by atoms with E-state index in [1.165, 1.54) is 51.5 Å². The molecule has 0 bridgehead atoms. The molecule has 4 nitrogen and oxygen atoms in total. The van der Waals surface area contributed by atoms with Gasteiger partial charge in [-0.15, -0.1) is 11.8 Å². The number of rotatable bonds is 8. The largest absolute Gasteiger partial charge is 0.337 e. The zero-order chi connectivity index (χ0) is 21.3. The van der Waals surface area contributed by atoms with E-state index in [1.807, 2.05) is 30.5 Å². The monoisotopic (exact) mass is 437 g/mol. The van der Waals surface area contributed by atoms with Crippen LogP contribution in [-0.4, -0.2) is 52.1 Å². The van der Waals surface area contributed by atoms with Crippen LogP contribution in [-0.2, 0) is 11.3 Å². The highest BCUT2D eigenvalue weighted by Gasteiger charge is 2.29. The van der Waals surface area contributed by atoms with Gasteiger partial charge >= 0.3 is 0 Å². The summed E-state index contributed by atoms with van der Waals surface area (Å²) in [7, 11) is 0. The second-order valence-corrected chi connectivity index (χ2v) is 10.1. The molecule has 0 radical (unpaired) electrons. The third-order valence-electron chi connectivity index (χ3n) is 6.67. The maximum atomic E-state index is 13.2. The highest BCUT2D eigenvalue weighted by atomic mass is 32.2. The van der Waals surface area contributed by atoms with Crippen LogP contribution in [0, 0.1) is 5.92 Å². The van der Waals surface area contributed by atoms with Crippen molar-refractivity contribution in [2.75, 3.05) is 25.4 Å². The van der Waals surface area contributed by atoms with Crippen molar-refractivity contribution in [2.45, 2.75) is 62.4 Å². The minimum absolute atomic E-state index is 0.229. The molecule has 31 heavy (non-hydrogen) atoms. The highest BCUT2D eigenvalue weighted by molar-refractivity contribution is 8.00. The van der Waals surface area contributed by atoms with Gasteiger partial charge in [-0.25, -0.2) is 0 Å². The standard InChI is InChI=1S/C26H35N3OS/c30-26(21-31-25-13-5-2-6-14-25)29(18-22-9-7-15-27-17-22)20-23-10-8-16-28(19-23)24-11-3-1-4-12-24/h2,5-7,9,13-15,17,23-24H,1,3-4,8,10-12,16,18-21H2/t23-/m0/s1. The van der Waals surface area contributed by atoms with Crippen LogP contribution in [0.5, 0.6) is 0 Å². The molecule has 2 fully saturated rings. The summed E-state index contributed by atoms with van der Waals surface area (Å²) in [5.41, 5.74) is 1.11. The van der Waals surface area contributed by atoms with Crippen LogP contribution in [0.1, 0.15) is 50.5 Å². The molecule has 166 valence electrons. The number of pyridine rings is 1. The molecule has 1 saturated heterocycles. The lowest BCUT2D eigenvalue weighted by atomic mass is 9.90. The zero-order valence-corrected chi connectivity index (χ0v) is 19.3. The first-order valence-corrected chi connectivity index (χ1v) is 12.8. The third-order valence-corrected chi connectivity index (χ3v) is 7.67. The summed E-state index contributed by atoms with van der Waals surface area (Å²) in [5.74, 6) is 1.29. The van der Waals surface area contributed by atoms with Crippen molar-refractivity contribution in [3.63, 3.8) is 0 Å². The average Bonchev–Trinajstić information content (AvgIpc) is 2.84. The van der Waals surface area contributed by atoms with Crippen LogP contribution in [0.2, 0.25) is 0 Å². The molecular weight excluding hydrogens is 402 g/mol. The molecule has 1 aliphatic heterocycles. The predicted molar refractivity (Wildman–Crippen MR) is 128 cm³/mol. The molecule has 5 heteroatoms. The fourth-order valence-corrected chi connectivity index (χ4v) is 5.88. The molecule has 1 aliphatic carbocycles. The molecule has 0 N–H and O–H groups in total. The van der Waals surface area contributed by atoms with Crippen molar-refractivity contribution in [3.8, 4) is 0 Å². The Kier molecular flexibility index (Phi) is 8.42. The van der Waals surface area contributed by atoms with Gasteiger partial charge in [0.05, 0.1) is 5.75 Å². The average molecular weight is 438 g/mol. The van der Waals surface area contributed by atoms with E-state index < -0.39 is 0 Å². The lowest BCUT2D eigenvalue weighted by Gasteiger charge is -2.41. The van der Waals surface area contributed by atoms with Crippen LogP contribution in [0.25, 0.3) is 0 Å². The fourth-order valence-electron chi connectivity index (χ4n) is 5.06. The second kappa shape index (κ2) is 11.7. The topological polar surface area (TPSA) is 36.4 Å². The molecule has 1 amide bonds. The predicted octanol–water partition coefficient (Wildman–Crippen LogP) is 5.25. The summed E-state index contributed by atoms with van der Waals surface area (Å²) in [6.45, 7) is 3.89. The first-order chi connectivity index (χ1) is 15.3. The van der Waals surface area contributed by atoms with E-state index in [1.54, 1.807) is 18.0 Å². The van der Waals surface area contributed by atoms with Crippen molar-refractivity contribution < 1.29 is 4.79 Å². The Morgan fingerprint density at radius 3 is 2.65 bits per heavy atom. The van der Waals surface area contributed by atoms with E-state index in [2.05, 4.69) is 33.0 Å². The van der Waals surface area contributed by atoms with E-state index in [-0.39, 0.29) is 5.91 Å². The third kappa shape index (κ3) is 6.81. The molecule has 2 aromatic rings. The summed E-state index contributed by atoms with van der Waals surface area (Å²) in [6, 6.07) is 15.0. The number of hydrogen-bond donors (Lipinski definition) is 0. The summed E-state index contributed by atoms with van der Waals surface area (Å²) < 4.78 is 0. The van der Waals surface area contributed by atoms with Gasteiger partial charge < -0.3 is 9.80 Å². The minimum Gasteiger partial charge on any atom is -0.337 e. The Labute approximate surface area is 191 Å². The highest BCUT2D eigenvalue weighted by Crippen LogP contribution is 2.28. The number of carbonyl (C=O) groups is 1. The zero-order valence-electron chi connectivity index (χ0n) is 18.5. The normalized spacial score (nSPS) is 20.5. The number of thioether (sulfide) groups is 1. The van der Waals surface area contributed by atoms with Gasteiger partial charge in [-0.2, -0.15) is 0 Å². The van der Waals surface area contributed by atoms with Gasteiger partial charge in [0.15, 0.2) is 0 Å². The van der Waals surface area contributed by atoms with Gasteiger partial charge in [-0.05, 0) is 61.9 Å². The number of amides is 1. The van der Waals surface area contributed by atoms with E-state index in [0.29, 0.717) is 18.2 Å². The molecule has 2 heterocycles. The Hall–Kier alpha value is -1.85. The Bertz CT molecular complexity index is 795. The minimum atomic E-state index is 0.229. The van der Waals surface area contributed by atoms with E-state index >= 15 is 0 Å². The molecule has 2 aliphatic rings. The van der Waals surface area contributed by atoms with Gasteiger partial charge in [-0.3, -0.25) is 9.78 Å². The van der Waals surface area contributed by atoms with Crippen molar-refractivity contribution >= 4 is 17.7 Å². The van der Waals surface area contributed by atoms with Crippen LogP contribution in [0.15, 0.2) is 59.8 Å². The van der Waals surface area contributed by atoms with Crippen molar-refractivity contribution in [2.24, 2.45) is 5.92 Å². The van der Waals surface area contributed by atoms with Crippen LogP contribution >= 0.6 is 11.8 Å². The maximum absolute atomic E-state index is 13.2. The number of benzene rings is 1. The summed E-state index contributed by atoms with van der Waals surface area (Å²) in [4.78, 5) is 23.5. The van der Waals surface area contributed by atoms with E-state index in [4.69, 9.17) is 0 Å². The number of piperidine rings is 1. The Balaban J connectivity index is 1.38. The number of aromatic nitrogens is 1. The Morgan fingerprint density at radius 1 is 1.03 bits per heavy atom. The summed E-state index contributed by atoms with van der Waals surface area (Å²) >= 11 is 1.64. The van der Waals surface area contributed by atoms with Gasteiger partial charge in [0.1, 0.15) is 0 Å². The van der Waals surface area contributed by atoms with Gasteiger partial charge in [0.2, 0.25) is 5.91 Å². The first-order valence-electron chi connectivity index (χ1n) is 11.9. The van der Waals surface area contributed by atoms with Crippen molar-refractivity contribution in [3.05, 3.63) is 60.4 Å². The van der Waals surface area contributed by atoms with Gasteiger partial charge in [-0.1, -0.05) is 43.5 Å². The van der Waals surface area contributed by atoms with Crippen LogP contribution in [0.4, 0.5) is 0 Å². The molecule has 0 spiro atoms.